The van der Waals surface area contributed by atoms with Crippen molar-refractivity contribution in [1.29, 1.82) is 0 Å². The molecule has 0 aliphatic heterocycles. The zero-order chi connectivity index (χ0) is 11.5. The Morgan fingerprint density at radius 3 is 2.81 bits per heavy atom. The minimum absolute atomic E-state index is 0.233. The highest BCUT2D eigenvalue weighted by Gasteiger charge is 2.09. The first-order valence-electron chi connectivity index (χ1n) is 5.22. The Kier molecular flexibility index (Phi) is 3.00. The van der Waals surface area contributed by atoms with Crippen molar-refractivity contribution in [3.63, 3.8) is 0 Å². The molecule has 6 heteroatoms. The number of rotatable bonds is 4. The molecule has 16 heavy (non-hydrogen) atoms. The Morgan fingerprint density at radius 2 is 2.25 bits per heavy atom. The summed E-state index contributed by atoms with van der Waals surface area (Å²) in [6.07, 6.45) is 3.50. The molecule has 0 aromatic carbocycles. The van der Waals surface area contributed by atoms with Gasteiger partial charge in [0.2, 0.25) is 0 Å². The molecular weight excluding hydrogens is 204 g/mol. The molecule has 2 heterocycles. The fraction of sp³-hybridized carbons (Fsp3) is 0.500. The van der Waals surface area contributed by atoms with Gasteiger partial charge in [-0.15, -0.1) is 0 Å². The van der Waals surface area contributed by atoms with Crippen LogP contribution in [0.15, 0.2) is 18.6 Å². The van der Waals surface area contributed by atoms with Crippen molar-refractivity contribution in [2.45, 2.75) is 19.5 Å². The first-order valence-corrected chi connectivity index (χ1v) is 5.22. The van der Waals surface area contributed by atoms with Crippen LogP contribution in [-0.2, 0) is 20.6 Å². The molecular formula is C10H16N6. The van der Waals surface area contributed by atoms with Gasteiger partial charge in [-0.05, 0) is 13.0 Å². The van der Waals surface area contributed by atoms with Crippen LogP contribution >= 0.6 is 0 Å². The maximum absolute atomic E-state index is 4.21. The van der Waals surface area contributed by atoms with Crippen LogP contribution in [0.3, 0.4) is 0 Å². The number of hydrogen-bond donors (Lipinski definition) is 1. The molecule has 0 fully saturated rings. The van der Waals surface area contributed by atoms with Gasteiger partial charge in [-0.25, -0.2) is 4.98 Å². The van der Waals surface area contributed by atoms with Crippen molar-refractivity contribution in [3.05, 3.63) is 30.1 Å². The van der Waals surface area contributed by atoms with E-state index in [1.807, 2.05) is 24.8 Å². The van der Waals surface area contributed by atoms with Gasteiger partial charge in [-0.1, -0.05) is 0 Å². The lowest BCUT2D eigenvalue weighted by atomic mass is 10.2. The standard InChI is InChI=1S/C10H16N6/c1-8(9-4-5-13-16(9)3)11-6-10-12-7-15(2)14-10/h4-5,7-8,11H,6H2,1-3H3. The minimum Gasteiger partial charge on any atom is -0.302 e. The van der Waals surface area contributed by atoms with Crippen molar-refractivity contribution >= 4 is 0 Å². The van der Waals surface area contributed by atoms with E-state index in [2.05, 4.69) is 27.4 Å². The molecule has 2 aromatic heterocycles. The third-order valence-corrected chi connectivity index (χ3v) is 2.52. The molecule has 1 N–H and O–H groups in total. The minimum atomic E-state index is 0.233. The van der Waals surface area contributed by atoms with Crippen molar-refractivity contribution in [1.82, 2.24) is 29.9 Å². The third-order valence-electron chi connectivity index (χ3n) is 2.52. The van der Waals surface area contributed by atoms with Crippen molar-refractivity contribution in [2.24, 2.45) is 14.1 Å². The SMILES string of the molecule is CC(NCc1ncn(C)n1)c1ccnn1C. The molecule has 0 spiro atoms. The van der Waals surface area contributed by atoms with Gasteiger partial charge >= 0.3 is 0 Å². The first-order chi connectivity index (χ1) is 7.66. The summed E-state index contributed by atoms with van der Waals surface area (Å²) >= 11 is 0. The number of aryl methyl sites for hydroxylation is 2. The van der Waals surface area contributed by atoms with Gasteiger partial charge in [0.15, 0.2) is 5.82 Å². The van der Waals surface area contributed by atoms with Crippen LogP contribution in [0.4, 0.5) is 0 Å². The van der Waals surface area contributed by atoms with E-state index in [4.69, 9.17) is 0 Å². The molecule has 0 aliphatic rings. The number of nitrogens with zero attached hydrogens (tertiary/aromatic N) is 5. The van der Waals surface area contributed by atoms with Crippen LogP contribution in [0, 0.1) is 0 Å². The highest BCUT2D eigenvalue weighted by molar-refractivity contribution is 5.05. The lowest BCUT2D eigenvalue weighted by molar-refractivity contribution is 0.518. The van der Waals surface area contributed by atoms with E-state index in [9.17, 15) is 0 Å². The van der Waals surface area contributed by atoms with E-state index in [1.165, 1.54) is 0 Å². The molecule has 6 nitrogen and oxygen atoms in total. The molecule has 0 saturated heterocycles. The van der Waals surface area contributed by atoms with E-state index in [0.29, 0.717) is 6.54 Å². The number of nitrogens with one attached hydrogen (secondary N) is 1. The molecule has 0 saturated carbocycles. The van der Waals surface area contributed by atoms with E-state index >= 15 is 0 Å². The highest BCUT2D eigenvalue weighted by atomic mass is 15.3. The fourth-order valence-electron chi connectivity index (χ4n) is 1.62. The Hall–Kier alpha value is -1.69. The van der Waals surface area contributed by atoms with E-state index in [1.54, 1.807) is 17.2 Å². The molecule has 0 bridgehead atoms. The summed E-state index contributed by atoms with van der Waals surface area (Å²) in [4.78, 5) is 4.16. The lowest BCUT2D eigenvalue weighted by Crippen LogP contribution is -2.21. The molecule has 0 aliphatic carbocycles. The normalized spacial score (nSPS) is 12.9. The quantitative estimate of drug-likeness (QED) is 0.810. The maximum atomic E-state index is 4.21. The van der Waals surface area contributed by atoms with E-state index < -0.39 is 0 Å². The molecule has 0 amide bonds. The van der Waals surface area contributed by atoms with Crippen LogP contribution in [-0.4, -0.2) is 24.5 Å². The second-order valence-electron chi connectivity index (χ2n) is 3.82. The lowest BCUT2D eigenvalue weighted by Gasteiger charge is -2.12. The predicted molar refractivity (Wildman–Crippen MR) is 59.5 cm³/mol. The van der Waals surface area contributed by atoms with Crippen molar-refractivity contribution < 1.29 is 0 Å². The summed E-state index contributed by atoms with van der Waals surface area (Å²) in [7, 11) is 3.80. The van der Waals surface area contributed by atoms with Crippen LogP contribution in [0.2, 0.25) is 0 Å². The van der Waals surface area contributed by atoms with Gasteiger partial charge in [0, 0.05) is 26.3 Å². The van der Waals surface area contributed by atoms with Gasteiger partial charge in [0.1, 0.15) is 6.33 Å². The predicted octanol–water partition coefficient (Wildman–Crippen LogP) is 0.399. The van der Waals surface area contributed by atoms with Crippen LogP contribution in [0.5, 0.6) is 0 Å². The molecule has 86 valence electrons. The van der Waals surface area contributed by atoms with Gasteiger partial charge < -0.3 is 5.32 Å². The van der Waals surface area contributed by atoms with Crippen LogP contribution in [0.1, 0.15) is 24.5 Å². The fourth-order valence-corrected chi connectivity index (χ4v) is 1.62. The average Bonchev–Trinajstić information content (AvgIpc) is 2.84. The third kappa shape index (κ3) is 2.27. The molecule has 1 atom stereocenters. The van der Waals surface area contributed by atoms with Gasteiger partial charge in [0.25, 0.3) is 0 Å². The Balaban J connectivity index is 1.93. The van der Waals surface area contributed by atoms with E-state index in [0.717, 1.165) is 11.5 Å². The zero-order valence-electron chi connectivity index (χ0n) is 9.75. The summed E-state index contributed by atoms with van der Waals surface area (Å²) < 4.78 is 3.56. The largest absolute Gasteiger partial charge is 0.302 e. The Bertz CT molecular complexity index is 457. The summed E-state index contributed by atoms with van der Waals surface area (Å²) in [6, 6.07) is 2.24. The van der Waals surface area contributed by atoms with Crippen LogP contribution in [0.25, 0.3) is 0 Å². The molecule has 1 unspecified atom stereocenters. The molecule has 2 aromatic rings. The summed E-state index contributed by atoms with van der Waals surface area (Å²) in [5.41, 5.74) is 1.15. The second-order valence-corrected chi connectivity index (χ2v) is 3.82. The monoisotopic (exact) mass is 220 g/mol. The van der Waals surface area contributed by atoms with Gasteiger partial charge in [-0.2, -0.15) is 10.2 Å². The molecule has 0 radical (unpaired) electrons. The first kappa shape index (κ1) is 10.8. The highest BCUT2D eigenvalue weighted by Crippen LogP contribution is 2.10. The van der Waals surface area contributed by atoms with E-state index in [-0.39, 0.29) is 6.04 Å². The Morgan fingerprint density at radius 1 is 1.44 bits per heavy atom. The molecule has 2 rings (SSSR count). The van der Waals surface area contributed by atoms with Crippen LogP contribution < -0.4 is 5.32 Å². The van der Waals surface area contributed by atoms with Crippen molar-refractivity contribution in [2.75, 3.05) is 0 Å². The maximum Gasteiger partial charge on any atom is 0.164 e. The average molecular weight is 220 g/mol. The number of aromatic nitrogens is 5. The summed E-state index contributed by atoms with van der Waals surface area (Å²) in [6.45, 7) is 2.76. The Labute approximate surface area is 94.3 Å². The summed E-state index contributed by atoms with van der Waals surface area (Å²) in [5.74, 6) is 0.802. The van der Waals surface area contributed by atoms with Gasteiger partial charge in [0.05, 0.1) is 12.2 Å². The second kappa shape index (κ2) is 4.44. The smallest absolute Gasteiger partial charge is 0.164 e. The summed E-state index contributed by atoms with van der Waals surface area (Å²) in [5, 5.41) is 11.7. The van der Waals surface area contributed by atoms with Gasteiger partial charge in [-0.3, -0.25) is 9.36 Å². The number of hydrogen-bond acceptors (Lipinski definition) is 4. The topological polar surface area (TPSA) is 60.6 Å². The van der Waals surface area contributed by atoms with Crippen molar-refractivity contribution in [3.8, 4) is 0 Å². The zero-order valence-corrected chi connectivity index (χ0v) is 9.75.